The molecule has 0 radical (unpaired) electrons. The predicted octanol–water partition coefficient (Wildman–Crippen LogP) is 7.33. The van der Waals surface area contributed by atoms with E-state index in [1.165, 1.54) is 22.5 Å². The lowest BCUT2D eigenvalue weighted by Crippen LogP contribution is -2.41. The second-order valence-electron chi connectivity index (χ2n) is 15.6. The van der Waals surface area contributed by atoms with Gasteiger partial charge in [-0.15, -0.1) is 0 Å². The molecule has 3 aromatic rings. The van der Waals surface area contributed by atoms with Crippen molar-refractivity contribution < 1.29 is 10.2 Å². The number of aromatic nitrogens is 1. The van der Waals surface area contributed by atoms with Gasteiger partial charge in [0.2, 0.25) is 0 Å². The summed E-state index contributed by atoms with van der Waals surface area (Å²) in [5.41, 5.74) is 9.23. The van der Waals surface area contributed by atoms with Crippen molar-refractivity contribution in [2.45, 2.75) is 111 Å². The molecule has 5 unspecified atom stereocenters. The Balaban J connectivity index is 1.48. The molecule has 2 aromatic carbocycles. The normalized spacial score (nSPS) is 29.3. The van der Waals surface area contributed by atoms with Crippen molar-refractivity contribution in [2.75, 3.05) is 22.9 Å². The first kappa shape index (κ1) is 31.1. The molecule has 1 aromatic heterocycles. The van der Waals surface area contributed by atoms with Crippen molar-refractivity contribution in [2.24, 2.45) is 16.8 Å². The summed E-state index contributed by atoms with van der Waals surface area (Å²) < 4.78 is 0. The Labute approximate surface area is 274 Å². The van der Waals surface area contributed by atoms with Crippen molar-refractivity contribution in [1.29, 1.82) is 0 Å². The van der Waals surface area contributed by atoms with Crippen LogP contribution in [-0.2, 0) is 10.8 Å². The highest BCUT2D eigenvalue weighted by Gasteiger charge is 2.49. The zero-order chi connectivity index (χ0) is 33.0. The van der Waals surface area contributed by atoms with Crippen molar-refractivity contribution in [3.05, 3.63) is 69.2 Å². The highest BCUT2D eigenvalue weighted by molar-refractivity contribution is 6.09. The molecule has 5 atom stereocenters. The third-order valence-corrected chi connectivity index (χ3v) is 12.1. The predicted molar refractivity (Wildman–Crippen MR) is 192 cm³/mol. The molecule has 3 N–H and O–H groups in total. The van der Waals surface area contributed by atoms with Crippen LogP contribution in [0.15, 0.2) is 41.3 Å². The van der Waals surface area contributed by atoms with E-state index in [1.54, 1.807) is 0 Å². The number of likely N-dealkylation sites (N-methyl/N-ethyl adjacent to an activating group) is 2. The van der Waals surface area contributed by atoms with Crippen molar-refractivity contribution in [1.82, 2.24) is 4.98 Å². The Morgan fingerprint density at radius 3 is 2.04 bits per heavy atom. The van der Waals surface area contributed by atoms with Crippen LogP contribution >= 0.6 is 0 Å². The molecule has 6 heteroatoms. The number of aliphatic hydroxyl groups is 2. The standard InChI is InChI=1S/C40H52N4O2/c1-11-43-23(7)39(9,19-21(3)4)29-17-27(33-25(35(29)43)13-15-41-33)31-37(45)32(38(31)46)28-18-30-36(26-14-16-42-34(26)28)44(12-2)24(8)40(30,10)20-22(5)6/h13-18,21-24,37,41,45-46H,11-12,19-20H2,1-10H3/b32-28-. The Kier molecular flexibility index (Phi) is 7.10. The van der Waals surface area contributed by atoms with Gasteiger partial charge in [0.05, 0.1) is 22.2 Å². The Morgan fingerprint density at radius 2 is 1.48 bits per heavy atom. The van der Waals surface area contributed by atoms with E-state index in [2.05, 4.69) is 108 Å². The number of hydrogen-bond donors (Lipinski definition) is 3. The Hall–Kier alpha value is -3.51. The molecule has 3 aliphatic heterocycles. The highest BCUT2D eigenvalue weighted by atomic mass is 16.3. The van der Waals surface area contributed by atoms with Gasteiger partial charge in [0.15, 0.2) is 0 Å². The first-order chi connectivity index (χ1) is 21.8. The van der Waals surface area contributed by atoms with E-state index in [-0.39, 0.29) is 16.6 Å². The van der Waals surface area contributed by atoms with E-state index < -0.39 is 6.10 Å². The zero-order valence-electron chi connectivity index (χ0n) is 29.4. The van der Waals surface area contributed by atoms with Gasteiger partial charge < -0.3 is 25.0 Å². The first-order valence-corrected chi connectivity index (χ1v) is 17.6. The van der Waals surface area contributed by atoms with Crippen LogP contribution in [0.5, 0.6) is 0 Å². The molecule has 6 nitrogen and oxygen atoms in total. The van der Waals surface area contributed by atoms with Crippen molar-refractivity contribution >= 4 is 39.5 Å². The van der Waals surface area contributed by atoms with Gasteiger partial charge in [0.25, 0.3) is 0 Å². The number of nitrogens with zero attached hydrogens (tertiary/aromatic N) is 3. The minimum atomic E-state index is -0.919. The van der Waals surface area contributed by atoms with Crippen LogP contribution in [0.25, 0.3) is 28.1 Å². The second kappa shape index (κ2) is 10.5. The van der Waals surface area contributed by atoms with Gasteiger partial charge in [-0.05, 0) is 87.8 Å². The van der Waals surface area contributed by atoms with Crippen LogP contribution in [0.4, 0.5) is 11.4 Å². The Morgan fingerprint density at radius 1 is 0.891 bits per heavy atom. The molecule has 4 aliphatic rings. The minimum absolute atomic E-state index is 0.0504. The average Bonchev–Trinajstić information content (AvgIpc) is 3.75. The van der Waals surface area contributed by atoms with Gasteiger partial charge in [0.1, 0.15) is 11.9 Å². The largest absolute Gasteiger partial charge is 0.507 e. The number of aliphatic hydroxyl groups excluding tert-OH is 2. The van der Waals surface area contributed by atoms with E-state index >= 15 is 0 Å². The van der Waals surface area contributed by atoms with Crippen LogP contribution in [0.3, 0.4) is 0 Å². The Bertz CT molecular complexity index is 1950. The maximum absolute atomic E-state index is 12.1. The summed E-state index contributed by atoms with van der Waals surface area (Å²) in [5.74, 6) is 1.25. The molecule has 244 valence electrons. The number of H-pyrrole nitrogens is 1. The van der Waals surface area contributed by atoms with Crippen LogP contribution in [-0.4, -0.2) is 46.5 Å². The van der Waals surface area contributed by atoms with Crippen LogP contribution in [0.2, 0.25) is 0 Å². The molecule has 7 rings (SSSR count). The molecule has 0 spiro atoms. The molecule has 1 aliphatic carbocycles. The van der Waals surface area contributed by atoms with Gasteiger partial charge in [-0.1, -0.05) is 41.5 Å². The van der Waals surface area contributed by atoms with Gasteiger partial charge in [-0.2, -0.15) is 0 Å². The third-order valence-electron chi connectivity index (χ3n) is 12.1. The van der Waals surface area contributed by atoms with Crippen LogP contribution in [0.1, 0.15) is 104 Å². The monoisotopic (exact) mass is 620 g/mol. The molecule has 0 saturated heterocycles. The zero-order valence-corrected chi connectivity index (χ0v) is 29.4. The number of nitrogens with one attached hydrogen (secondary N) is 1. The van der Waals surface area contributed by atoms with Crippen LogP contribution < -0.4 is 20.4 Å². The molecular formula is C40H52N4O2. The van der Waals surface area contributed by atoms with E-state index in [4.69, 9.17) is 4.99 Å². The lowest BCUT2D eigenvalue weighted by atomic mass is 9.71. The number of fused-ring (bicyclic) bond motifs is 6. The average molecular weight is 621 g/mol. The summed E-state index contributed by atoms with van der Waals surface area (Å²) in [6.45, 7) is 25.0. The third kappa shape index (κ3) is 3.95. The minimum Gasteiger partial charge on any atom is -0.507 e. The summed E-state index contributed by atoms with van der Waals surface area (Å²) in [5, 5.41) is 26.9. The van der Waals surface area contributed by atoms with Gasteiger partial charge >= 0.3 is 0 Å². The van der Waals surface area contributed by atoms with Crippen molar-refractivity contribution in [3.63, 3.8) is 0 Å². The van der Waals surface area contributed by atoms with E-state index in [9.17, 15) is 10.2 Å². The van der Waals surface area contributed by atoms with Gasteiger partial charge in [-0.3, -0.25) is 4.99 Å². The number of aromatic amines is 1. The molecule has 4 heterocycles. The fourth-order valence-corrected chi connectivity index (χ4v) is 9.96. The fourth-order valence-electron chi connectivity index (χ4n) is 9.96. The van der Waals surface area contributed by atoms with E-state index in [0.717, 1.165) is 58.5 Å². The second-order valence-corrected chi connectivity index (χ2v) is 15.6. The molecule has 46 heavy (non-hydrogen) atoms. The maximum Gasteiger partial charge on any atom is 0.129 e. The number of rotatable bonds is 7. The molecular weight excluding hydrogens is 568 g/mol. The number of anilines is 2. The van der Waals surface area contributed by atoms with E-state index in [1.807, 2.05) is 12.4 Å². The highest BCUT2D eigenvalue weighted by Crippen LogP contribution is 2.55. The summed E-state index contributed by atoms with van der Waals surface area (Å²) in [6, 6.07) is 7.35. The lowest BCUT2D eigenvalue weighted by molar-refractivity contribution is 0.256. The quantitative estimate of drug-likeness (QED) is 0.259. The molecule has 0 saturated carbocycles. The van der Waals surface area contributed by atoms with Crippen LogP contribution in [0, 0.1) is 11.8 Å². The summed E-state index contributed by atoms with van der Waals surface area (Å²) >= 11 is 0. The summed E-state index contributed by atoms with van der Waals surface area (Å²) in [6.07, 6.45) is 7.18. The number of benzene rings is 2. The van der Waals surface area contributed by atoms with Crippen molar-refractivity contribution in [3.8, 4) is 0 Å². The maximum atomic E-state index is 12.1. The number of hydrogen-bond acceptors (Lipinski definition) is 5. The van der Waals surface area contributed by atoms with Gasteiger partial charge in [-0.25, -0.2) is 0 Å². The SMILES string of the molecule is CCN1c2c(c/c(=C3/C(O)=C(c4cc5c(c6cc[nH]c46)N(CC)C(C)C5(C)CC(C)C)C3O)c3c2C=CN=3)C(C)(CC(C)C)C1C. The van der Waals surface area contributed by atoms with Gasteiger partial charge in [0, 0.05) is 81.3 Å². The van der Waals surface area contributed by atoms with E-state index in [0.29, 0.717) is 35.1 Å². The molecule has 0 fully saturated rings. The smallest absolute Gasteiger partial charge is 0.129 e. The first-order valence-electron chi connectivity index (χ1n) is 17.6. The lowest BCUT2D eigenvalue weighted by Gasteiger charge is -2.35. The molecule has 0 bridgehead atoms. The topological polar surface area (TPSA) is 75.1 Å². The molecule has 0 amide bonds. The summed E-state index contributed by atoms with van der Waals surface area (Å²) in [7, 11) is 0. The summed E-state index contributed by atoms with van der Waals surface area (Å²) in [4.78, 5) is 13.4. The fraction of sp³-hybridized carbons (Fsp3) is 0.525.